The number of phenols is 1. The molecular weight excluding hydrogens is 202 g/mol. The third-order valence-electron chi connectivity index (χ3n) is 2.47. The van der Waals surface area contributed by atoms with E-state index in [0.29, 0.717) is 25.1 Å². The molecule has 1 rings (SSSR count). The number of nitrogens with one attached hydrogen (secondary N) is 1. The van der Waals surface area contributed by atoms with Crippen LogP contribution in [0, 0.1) is 0 Å². The largest absolute Gasteiger partial charge is 0.508 e. The van der Waals surface area contributed by atoms with Gasteiger partial charge >= 0.3 is 0 Å². The van der Waals surface area contributed by atoms with Gasteiger partial charge < -0.3 is 10.4 Å². The average molecular weight is 221 g/mol. The van der Waals surface area contributed by atoms with Gasteiger partial charge in [0, 0.05) is 13.0 Å². The number of rotatable bonds is 6. The molecule has 3 heteroatoms. The van der Waals surface area contributed by atoms with Crippen molar-refractivity contribution in [1.82, 2.24) is 5.32 Å². The number of phenolic OH excluding ortho intramolecular Hbond substituents is 1. The molecule has 0 atom stereocenters. The topological polar surface area (TPSA) is 49.3 Å². The number of hydrogen-bond acceptors (Lipinski definition) is 2. The van der Waals surface area contributed by atoms with Crippen molar-refractivity contribution < 1.29 is 9.90 Å². The molecular formula is C13H19NO2. The van der Waals surface area contributed by atoms with E-state index in [1.165, 1.54) is 0 Å². The maximum absolute atomic E-state index is 11.3. The summed E-state index contributed by atoms with van der Waals surface area (Å²) in [6.07, 6.45) is 3.23. The van der Waals surface area contributed by atoms with Gasteiger partial charge in [0.1, 0.15) is 5.75 Å². The van der Waals surface area contributed by atoms with Crippen molar-refractivity contribution in [3.8, 4) is 5.75 Å². The van der Waals surface area contributed by atoms with Crippen LogP contribution in [0.3, 0.4) is 0 Å². The standard InChI is InChI=1S/C13H19NO2/c1-2-3-8-13(16)14-10-9-11-6-4-5-7-12(11)15/h4-7,15H,2-3,8-10H2,1H3,(H,14,16). The first-order valence-corrected chi connectivity index (χ1v) is 5.77. The van der Waals surface area contributed by atoms with E-state index in [-0.39, 0.29) is 5.91 Å². The summed E-state index contributed by atoms with van der Waals surface area (Å²) in [7, 11) is 0. The average Bonchev–Trinajstić information content (AvgIpc) is 2.29. The summed E-state index contributed by atoms with van der Waals surface area (Å²) in [5, 5.41) is 12.3. The number of benzene rings is 1. The van der Waals surface area contributed by atoms with Crippen molar-refractivity contribution in [3.63, 3.8) is 0 Å². The van der Waals surface area contributed by atoms with E-state index in [0.717, 1.165) is 18.4 Å². The minimum atomic E-state index is 0.0947. The molecule has 3 nitrogen and oxygen atoms in total. The molecule has 0 bridgehead atoms. The zero-order valence-corrected chi connectivity index (χ0v) is 9.70. The first-order chi connectivity index (χ1) is 7.74. The number of para-hydroxylation sites is 1. The van der Waals surface area contributed by atoms with Crippen LogP contribution >= 0.6 is 0 Å². The summed E-state index contributed by atoms with van der Waals surface area (Å²) < 4.78 is 0. The van der Waals surface area contributed by atoms with Gasteiger partial charge in [-0.1, -0.05) is 31.5 Å². The fourth-order valence-electron chi connectivity index (χ4n) is 1.48. The molecule has 0 radical (unpaired) electrons. The monoisotopic (exact) mass is 221 g/mol. The maximum atomic E-state index is 11.3. The Morgan fingerprint density at radius 3 is 2.81 bits per heavy atom. The molecule has 0 heterocycles. The summed E-state index contributed by atoms with van der Waals surface area (Å²) in [6, 6.07) is 7.20. The number of hydrogen-bond donors (Lipinski definition) is 2. The Hall–Kier alpha value is -1.51. The summed E-state index contributed by atoms with van der Waals surface area (Å²) in [5.41, 5.74) is 0.873. The zero-order valence-electron chi connectivity index (χ0n) is 9.70. The lowest BCUT2D eigenvalue weighted by atomic mass is 10.1. The first-order valence-electron chi connectivity index (χ1n) is 5.77. The fourth-order valence-corrected chi connectivity index (χ4v) is 1.48. The molecule has 0 spiro atoms. The van der Waals surface area contributed by atoms with Crippen molar-refractivity contribution in [1.29, 1.82) is 0 Å². The highest BCUT2D eigenvalue weighted by molar-refractivity contribution is 5.75. The van der Waals surface area contributed by atoms with Gasteiger partial charge in [0.15, 0.2) is 0 Å². The van der Waals surface area contributed by atoms with E-state index in [1.54, 1.807) is 12.1 Å². The predicted molar refractivity (Wildman–Crippen MR) is 64.3 cm³/mol. The molecule has 0 fully saturated rings. The van der Waals surface area contributed by atoms with Crippen LogP contribution in [0.2, 0.25) is 0 Å². The third-order valence-corrected chi connectivity index (χ3v) is 2.47. The van der Waals surface area contributed by atoms with Crippen LogP contribution in [0.5, 0.6) is 5.75 Å². The van der Waals surface area contributed by atoms with Crippen LogP contribution in [0.4, 0.5) is 0 Å². The van der Waals surface area contributed by atoms with E-state index in [1.807, 2.05) is 12.1 Å². The van der Waals surface area contributed by atoms with E-state index < -0.39 is 0 Å². The van der Waals surface area contributed by atoms with Crippen LogP contribution in [0.25, 0.3) is 0 Å². The number of aromatic hydroxyl groups is 1. The maximum Gasteiger partial charge on any atom is 0.220 e. The summed E-state index contributed by atoms with van der Waals surface area (Å²) in [5.74, 6) is 0.391. The van der Waals surface area contributed by atoms with Crippen LogP contribution < -0.4 is 5.32 Å². The molecule has 0 aliphatic heterocycles. The second-order valence-electron chi connectivity index (χ2n) is 3.83. The Morgan fingerprint density at radius 2 is 2.12 bits per heavy atom. The number of unbranched alkanes of at least 4 members (excludes halogenated alkanes) is 1. The third kappa shape index (κ3) is 4.34. The van der Waals surface area contributed by atoms with Crippen molar-refractivity contribution in [2.24, 2.45) is 0 Å². The van der Waals surface area contributed by atoms with Crippen molar-refractivity contribution in [2.75, 3.05) is 6.54 Å². The summed E-state index contributed by atoms with van der Waals surface area (Å²) in [4.78, 5) is 11.3. The molecule has 2 N–H and O–H groups in total. The van der Waals surface area contributed by atoms with Gasteiger partial charge in [-0.2, -0.15) is 0 Å². The van der Waals surface area contributed by atoms with Gasteiger partial charge in [-0.15, -0.1) is 0 Å². The first kappa shape index (κ1) is 12.6. The Bertz CT molecular complexity index is 336. The van der Waals surface area contributed by atoms with Crippen LogP contribution in [-0.2, 0) is 11.2 Å². The van der Waals surface area contributed by atoms with Gasteiger partial charge in [-0.3, -0.25) is 4.79 Å². The number of amides is 1. The minimum Gasteiger partial charge on any atom is -0.508 e. The highest BCUT2D eigenvalue weighted by atomic mass is 16.3. The lowest BCUT2D eigenvalue weighted by Gasteiger charge is -2.06. The lowest BCUT2D eigenvalue weighted by molar-refractivity contribution is -0.121. The Kier molecular flexibility index (Phi) is 5.40. The molecule has 0 saturated heterocycles. The van der Waals surface area contributed by atoms with Gasteiger partial charge in [0.25, 0.3) is 0 Å². The van der Waals surface area contributed by atoms with Crippen LogP contribution in [0.1, 0.15) is 31.7 Å². The lowest BCUT2D eigenvalue weighted by Crippen LogP contribution is -2.25. The summed E-state index contributed by atoms with van der Waals surface area (Å²) >= 11 is 0. The van der Waals surface area contributed by atoms with Gasteiger partial charge in [-0.25, -0.2) is 0 Å². The highest BCUT2D eigenvalue weighted by Crippen LogP contribution is 2.15. The normalized spacial score (nSPS) is 10.1. The zero-order chi connectivity index (χ0) is 11.8. The second kappa shape index (κ2) is 6.88. The van der Waals surface area contributed by atoms with Crippen molar-refractivity contribution in [3.05, 3.63) is 29.8 Å². The van der Waals surface area contributed by atoms with E-state index in [2.05, 4.69) is 12.2 Å². The summed E-state index contributed by atoms with van der Waals surface area (Å²) in [6.45, 7) is 2.65. The molecule has 0 saturated carbocycles. The Labute approximate surface area is 96.5 Å². The predicted octanol–water partition coefficient (Wildman–Crippen LogP) is 2.24. The number of carbonyl (C=O) groups excluding carboxylic acids is 1. The molecule has 0 aliphatic carbocycles. The van der Waals surface area contributed by atoms with E-state index in [4.69, 9.17) is 0 Å². The number of carbonyl (C=O) groups is 1. The van der Waals surface area contributed by atoms with Gasteiger partial charge in [0.05, 0.1) is 0 Å². The Balaban J connectivity index is 2.25. The van der Waals surface area contributed by atoms with Crippen molar-refractivity contribution >= 4 is 5.91 Å². The molecule has 16 heavy (non-hydrogen) atoms. The van der Waals surface area contributed by atoms with E-state index >= 15 is 0 Å². The van der Waals surface area contributed by atoms with Gasteiger partial charge in [0.2, 0.25) is 5.91 Å². The van der Waals surface area contributed by atoms with Crippen LogP contribution in [0.15, 0.2) is 24.3 Å². The smallest absolute Gasteiger partial charge is 0.220 e. The van der Waals surface area contributed by atoms with E-state index in [9.17, 15) is 9.90 Å². The van der Waals surface area contributed by atoms with Crippen molar-refractivity contribution in [2.45, 2.75) is 32.6 Å². The molecule has 0 unspecified atom stereocenters. The van der Waals surface area contributed by atoms with Crippen LogP contribution in [-0.4, -0.2) is 17.6 Å². The molecule has 1 aromatic rings. The highest BCUT2D eigenvalue weighted by Gasteiger charge is 2.02. The van der Waals surface area contributed by atoms with Gasteiger partial charge in [-0.05, 0) is 24.5 Å². The molecule has 1 aromatic carbocycles. The quantitative estimate of drug-likeness (QED) is 0.774. The molecule has 0 aromatic heterocycles. The fraction of sp³-hybridized carbons (Fsp3) is 0.462. The Morgan fingerprint density at radius 1 is 1.38 bits per heavy atom. The second-order valence-corrected chi connectivity index (χ2v) is 3.83. The molecule has 88 valence electrons. The SMILES string of the molecule is CCCCC(=O)NCCc1ccccc1O. The molecule has 1 amide bonds. The molecule has 0 aliphatic rings. The minimum absolute atomic E-state index is 0.0947.